The molecule has 0 aliphatic carbocycles. The van der Waals surface area contributed by atoms with E-state index >= 15 is 0 Å². The van der Waals surface area contributed by atoms with Gasteiger partial charge in [0.05, 0.1) is 6.61 Å². The maximum atomic E-state index is 12.4. The lowest BCUT2D eigenvalue weighted by molar-refractivity contribution is -0.161. The normalized spacial score (nSPS) is 12.5. The van der Waals surface area contributed by atoms with Crippen molar-refractivity contribution in [2.45, 2.75) is 270 Å². The second kappa shape index (κ2) is 46.0. The minimum atomic E-state index is -4.76. The van der Waals surface area contributed by atoms with E-state index in [0.717, 1.165) is 51.4 Å². The predicted molar refractivity (Wildman–Crippen MR) is 249 cm³/mol. The molecule has 0 amide bonds. The van der Waals surface area contributed by atoms with Crippen LogP contribution in [0.15, 0.2) is 24.3 Å². The standard InChI is InChI=1S/C50H95O8P/c1-3-5-7-9-11-13-15-17-19-21-22-23-24-25-26-27-29-30-32-34-36-38-40-42-44-49(51)56-46-48(47-57-59(53,54)55)58-50(52)45-43-41-39-37-35-33-31-28-20-18-16-14-12-10-8-6-4-2/h12,14,18,20,48H,3-11,13,15-17,19,21-47H2,1-2H3,(H2,53,54,55)/b14-12-,20-18-. The second-order valence-corrected chi connectivity index (χ2v) is 18.4. The Balaban J connectivity index is 3.77. The van der Waals surface area contributed by atoms with Gasteiger partial charge in [-0.25, -0.2) is 4.57 Å². The van der Waals surface area contributed by atoms with Crippen LogP contribution < -0.4 is 0 Å². The maximum Gasteiger partial charge on any atom is 0.469 e. The van der Waals surface area contributed by atoms with Crippen molar-refractivity contribution in [2.75, 3.05) is 13.2 Å². The van der Waals surface area contributed by atoms with E-state index in [1.165, 1.54) is 180 Å². The molecule has 0 saturated carbocycles. The molecule has 348 valence electrons. The van der Waals surface area contributed by atoms with Crippen LogP contribution in [0.1, 0.15) is 264 Å². The summed E-state index contributed by atoms with van der Waals surface area (Å²) in [5.74, 6) is -0.879. The summed E-state index contributed by atoms with van der Waals surface area (Å²) in [6.07, 6.45) is 54.9. The first-order valence-corrected chi connectivity index (χ1v) is 26.7. The second-order valence-electron chi connectivity index (χ2n) is 17.2. The fraction of sp³-hybridized carbons (Fsp3) is 0.880. The molecule has 0 aromatic carbocycles. The highest BCUT2D eigenvalue weighted by molar-refractivity contribution is 7.46. The molecule has 0 saturated heterocycles. The van der Waals surface area contributed by atoms with Gasteiger partial charge >= 0.3 is 19.8 Å². The first-order chi connectivity index (χ1) is 28.8. The van der Waals surface area contributed by atoms with Crippen molar-refractivity contribution < 1.29 is 37.9 Å². The average Bonchev–Trinajstić information content (AvgIpc) is 3.21. The van der Waals surface area contributed by atoms with Crippen molar-refractivity contribution in [1.82, 2.24) is 0 Å². The van der Waals surface area contributed by atoms with Crippen LogP contribution in [0.3, 0.4) is 0 Å². The topological polar surface area (TPSA) is 119 Å². The third kappa shape index (κ3) is 49.1. The number of rotatable bonds is 47. The number of hydrogen-bond donors (Lipinski definition) is 2. The fourth-order valence-electron chi connectivity index (χ4n) is 7.47. The van der Waals surface area contributed by atoms with Crippen molar-refractivity contribution in [2.24, 2.45) is 0 Å². The number of esters is 2. The van der Waals surface area contributed by atoms with Crippen LogP contribution in [-0.4, -0.2) is 41.0 Å². The molecular formula is C50H95O8P. The fourth-order valence-corrected chi connectivity index (χ4v) is 7.83. The molecule has 0 heterocycles. The summed E-state index contributed by atoms with van der Waals surface area (Å²) in [6, 6.07) is 0. The zero-order valence-electron chi connectivity index (χ0n) is 38.7. The molecule has 0 rings (SSSR count). The highest BCUT2D eigenvalue weighted by atomic mass is 31.2. The molecule has 59 heavy (non-hydrogen) atoms. The minimum Gasteiger partial charge on any atom is -0.462 e. The van der Waals surface area contributed by atoms with Crippen molar-refractivity contribution >= 4 is 19.8 Å². The molecular weight excluding hydrogens is 760 g/mol. The van der Waals surface area contributed by atoms with Crippen LogP contribution in [0.25, 0.3) is 0 Å². The molecule has 0 aliphatic heterocycles. The van der Waals surface area contributed by atoms with Crippen molar-refractivity contribution in [3.8, 4) is 0 Å². The molecule has 9 heteroatoms. The van der Waals surface area contributed by atoms with Gasteiger partial charge in [0, 0.05) is 12.8 Å². The molecule has 0 bridgehead atoms. The zero-order chi connectivity index (χ0) is 43.2. The average molecular weight is 855 g/mol. The number of carbonyl (C=O) groups excluding carboxylic acids is 2. The van der Waals surface area contributed by atoms with Gasteiger partial charge in [0.15, 0.2) is 6.10 Å². The summed E-state index contributed by atoms with van der Waals surface area (Å²) >= 11 is 0. The SMILES string of the molecule is CCCCC/C=C\C/C=C\CCCCCCCCCC(=O)OC(COC(=O)CCCCCCCCCCCCCCCCCCCCCCCCCC)COP(=O)(O)O. The van der Waals surface area contributed by atoms with E-state index in [1.807, 2.05) is 0 Å². The van der Waals surface area contributed by atoms with Crippen LogP contribution in [0.4, 0.5) is 0 Å². The lowest BCUT2D eigenvalue weighted by Crippen LogP contribution is -2.29. The highest BCUT2D eigenvalue weighted by Gasteiger charge is 2.23. The first kappa shape index (κ1) is 57.5. The molecule has 0 spiro atoms. The van der Waals surface area contributed by atoms with Crippen molar-refractivity contribution in [3.05, 3.63) is 24.3 Å². The summed E-state index contributed by atoms with van der Waals surface area (Å²) in [4.78, 5) is 43.0. The van der Waals surface area contributed by atoms with Crippen LogP contribution in [0.2, 0.25) is 0 Å². The molecule has 1 atom stereocenters. The van der Waals surface area contributed by atoms with E-state index in [1.54, 1.807) is 0 Å². The van der Waals surface area contributed by atoms with E-state index < -0.39 is 32.5 Å². The van der Waals surface area contributed by atoms with Gasteiger partial charge in [-0.2, -0.15) is 0 Å². The summed E-state index contributed by atoms with van der Waals surface area (Å²) in [5.41, 5.74) is 0. The van der Waals surface area contributed by atoms with Crippen LogP contribution in [-0.2, 0) is 28.2 Å². The third-order valence-corrected chi connectivity index (χ3v) is 11.7. The van der Waals surface area contributed by atoms with Gasteiger partial charge in [-0.1, -0.05) is 231 Å². The van der Waals surface area contributed by atoms with E-state index in [2.05, 4.69) is 42.7 Å². The molecule has 2 N–H and O–H groups in total. The van der Waals surface area contributed by atoms with E-state index in [9.17, 15) is 14.2 Å². The predicted octanol–water partition coefficient (Wildman–Crippen LogP) is 15.9. The number of allylic oxidation sites excluding steroid dienone is 4. The van der Waals surface area contributed by atoms with Crippen LogP contribution in [0, 0.1) is 0 Å². The molecule has 0 fully saturated rings. The molecule has 0 aliphatic rings. The molecule has 0 aromatic rings. The monoisotopic (exact) mass is 855 g/mol. The highest BCUT2D eigenvalue weighted by Crippen LogP contribution is 2.36. The van der Waals surface area contributed by atoms with Gasteiger partial charge in [-0.3, -0.25) is 14.1 Å². The van der Waals surface area contributed by atoms with Gasteiger partial charge < -0.3 is 19.3 Å². The Morgan fingerprint density at radius 2 is 0.763 bits per heavy atom. The summed E-state index contributed by atoms with van der Waals surface area (Å²) < 4.78 is 26.5. The van der Waals surface area contributed by atoms with Gasteiger partial charge in [0.25, 0.3) is 0 Å². The third-order valence-electron chi connectivity index (χ3n) is 11.2. The molecule has 0 radical (unpaired) electrons. The minimum absolute atomic E-state index is 0.206. The van der Waals surface area contributed by atoms with E-state index in [4.69, 9.17) is 19.3 Å². The lowest BCUT2D eigenvalue weighted by atomic mass is 10.0. The summed E-state index contributed by atoms with van der Waals surface area (Å²) in [7, 11) is -4.76. The van der Waals surface area contributed by atoms with Crippen molar-refractivity contribution in [1.29, 1.82) is 0 Å². The molecule has 0 aromatic heterocycles. The van der Waals surface area contributed by atoms with Crippen LogP contribution in [0.5, 0.6) is 0 Å². The Morgan fingerprint density at radius 1 is 0.441 bits per heavy atom. The zero-order valence-corrected chi connectivity index (χ0v) is 39.6. The molecule has 1 unspecified atom stereocenters. The van der Waals surface area contributed by atoms with Gasteiger partial charge in [0.2, 0.25) is 0 Å². The van der Waals surface area contributed by atoms with Gasteiger partial charge in [-0.15, -0.1) is 0 Å². The number of carbonyl (C=O) groups is 2. The maximum absolute atomic E-state index is 12.4. The first-order valence-electron chi connectivity index (χ1n) is 25.1. The smallest absolute Gasteiger partial charge is 0.462 e. The summed E-state index contributed by atoms with van der Waals surface area (Å²) in [5, 5.41) is 0. The number of phosphoric acid groups is 1. The Bertz CT molecular complexity index is 1010. The van der Waals surface area contributed by atoms with Gasteiger partial charge in [0.1, 0.15) is 6.61 Å². The number of hydrogen-bond acceptors (Lipinski definition) is 6. The van der Waals surface area contributed by atoms with E-state index in [0.29, 0.717) is 6.42 Å². The Kier molecular flexibility index (Phi) is 44.9. The molecule has 8 nitrogen and oxygen atoms in total. The number of phosphoric ester groups is 1. The van der Waals surface area contributed by atoms with E-state index in [-0.39, 0.29) is 19.4 Å². The van der Waals surface area contributed by atoms with Gasteiger partial charge in [-0.05, 0) is 44.9 Å². The van der Waals surface area contributed by atoms with Crippen LogP contribution >= 0.6 is 7.82 Å². The number of unbranched alkanes of at least 4 members (excludes halogenated alkanes) is 33. The van der Waals surface area contributed by atoms with Crippen molar-refractivity contribution in [3.63, 3.8) is 0 Å². The Hall–Kier alpha value is -1.47. The Labute approximate surface area is 364 Å². The summed E-state index contributed by atoms with van der Waals surface area (Å²) in [6.45, 7) is 3.70. The number of ether oxygens (including phenoxy) is 2. The quantitative estimate of drug-likeness (QED) is 0.0269. The largest absolute Gasteiger partial charge is 0.469 e. The lowest BCUT2D eigenvalue weighted by Gasteiger charge is -2.18. The Morgan fingerprint density at radius 3 is 1.15 bits per heavy atom.